The predicted octanol–water partition coefficient (Wildman–Crippen LogP) is 3.53. The fourth-order valence-electron chi connectivity index (χ4n) is 3.20. The highest BCUT2D eigenvalue weighted by atomic mass is 32.1. The Morgan fingerprint density at radius 3 is 3.00 bits per heavy atom. The maximum atomic E-state index is 6.04. The van der Waals surface area contributed by atoms with E-state index in [1.165, 1.54) is 19.3 Å². The van der Waals surface area contributed by atoms with Crippen molar-refractivity contribution in [2.24, 2.45) is 11.8 Å². The van der Waals surface area contributed by atoms with Crippen LogP contribution >= 0.6 is 11.3 Å². The molecule has 114 valence electrons. The summed E-state index contributed by atoms with van der Waals surface area (Å²) in [5, 5.41) is 3.01. The van der Waals surface area contributed by atoms with Gasteiger partial charge in [0.25, 0.3) is 0 Å². The van der Waals surface area contributed by atoms with Crippen molar-refractivity contribution in [3.8, 4) is 0 Å². The summed E-state index contributed by atoms with van der Waals surface area (Å²) in [4.78, 5) is 12.6. The Balaban J connectivity index is 1.70. The molecule has 1 saturated heterocycles. The molecule has 0 bridgehead atoms. The summed E-state index contributed by atoms with van der Waals surface area (Å²) in [5.41, 5.74) is 6.04. The van der Waals surface area contributed by atoms with Crippen molar-refractivity contribution in [3.63, 3.8) is 0 Å². The lowest BCUT2D eigenvalue weighted by Gasteiger charge is -2.20. The van der Waals surface area contributed by atoms with Crippen LogP contribution in [0.3, 0.4) is 0 Å². The number of hydrogen-bond donors (Lipinski definition) is 1. The third-order valence-electron chi connectivity index (χ3n) is 4.57. The highest BCUT2D eigenvalue weighted by Gasteiger charge is 2.20. The van der Waals surface area contributed by atoms with Gasteiger partial charge in [-0.25, -0.2) is 9.97 Å². The Hall–Kier alpha value is -1.20. The van der Waals surface area contributed by atoms with Crippen molar-refractivity contribution < 1.29 is 0 Å². The largest absolute Gasteiger partial charge is 0.383 e. The quantitative estimate of drug-likeness (QED) is 0.942. The van der Waals surface area contributed by atoms with Crippen LogP contribution in [0.2, 0.25) is 0 Å². The van der Waals surface area contributed by atoms with Crippen LogP contribution in [0.15, 0.2) is 11.4 Å². The summed E-state index contributed by atoms with van der Waals surface area (Å²) >= 11 is 1.64. The molecule has 0 radical (unpaired) electrons. The molecule has 1 unspecified atom stereocenters. The minimum absolute atomic E-state index is 0.617. The molecule has 0 saturated carbocycles. The van der Waals surface area contributed by atoms with Gasteiger partial charge >= 0.3 is 0 Å². The molecule has 1 fully saturated rings. The summed E-state index contributed by atoms with van der Waals surface area (Å²) in [6.45, 7) is 7.80. The highest BCUT2D eigenvalue weighted by molar-refractivity contribution is 7.16. The fourth-order valence-corrected chi connectivity index (χ4v) is 3.99. The van der Waals surface area contributed by atoms with Crippen LogP contribution in [-0.2, 0) is 6.54 Å². The molecule has 4 nitrogen and oxygen atoms in total. The molecule has 0 spiro atoms. The van der Waals surface area contributed by atoms with Gasteiger partial charge in [-0.3, -0.25) is 4.90 Å². The number of thiophene rings is 1. The van der Waals surface area contributed by atoms with Gasteiger partial charge in [0.15, 0.2) is 0 Å². The van der Waals surface area contributed by atoms with Crippen LogP contribution in [0.5, 0.6) is 0 Å². The molecule has 0 aliphatic carbocycles. The molecule has 0 amide bonds. The molecule has 1 aliphatic heterocycles. The van der Waals surface area contributed by atoms with Gasteiger partial charge in [-0.05, 0) is 55.6 Å². The van der Waals surface area contributed by atoms with Gasteiger partial charge in [0.2, 0.25) is 0 Å². The number of aromatic nitrogens is 2. The van der Waals surface area contributed by atoms with E-state index < -0.39 is 0 Å². The lowest BCUT2D eigenvalue weighted by atomic mass is 9.89. The first-order valence-electron chi connectivity index (χ1n) is 7.85. The topological polar surface area (TPSA) is 55.0 Å². The molecular weight excluding hydrogens is 280 g/mol. The van der Waals surface area contributed by atoms with Gasteiger partial charge in [-0.1, -0.05) is 13.8 Å². The lowest BCUT2D eigenvalue weighted by Crippen LogP contribution is -2.25. The molecule has 21 heavy (non-hydrogen) atoms. The second-order valence-electron chi connectivity index (χ2n) is 6.38. The maximum absolute atomic E-state index is 6.04. The number of rotatable bonds is 3. The van der Waals surface area contributed by atoms with E-state index in [0.717, 1.165) is 47.5 Å². The molecule has 3 heterocycles. The Labute approximate surface area is 130 Å². The minimum atomic E-state index is 0.617. The monoisotopic (exact) mass is 304 g/mol. The molecule has 1 atom stereocenters. The zero-order chi connectivity index (χ0) is 14.8. The Bertz CT molecular complexity index is 607. The van der Waals surface area contributed by atoms with E-state index >= 15 is 0 Å². The van der Waals surface area contributed by atoms with Gasteiger partial charge in [-0.15, -0.1) is 11.3 Å². The zero-order valence-corrected chi connectivity index (χ0v) is 13.7. The molecule has 2 aromatic rings. The molecule has 1 aliphatic rings. The van der Waals surface area contributed by atoms with E-state index in [0.29, 0.717) is 5.82 Å². The number of hydrogen-bond acceptors (Lipinski definition) is 5. The molecule has 5 heteroatoms. The SMILES string of the molecule is CC(C)C1CCCN(Cc2nc(N)c3ccsc3n2)CC1. The van der Waals surface area contributed by atoms with Crippen molar-refractivity contribution in [3.05, 3.63) is 17.3 Å². The van der Waals surface area contributed by atoms with Gasteiger partial charge < -0.3 is 5.73 Å². The van der Waals surface area contributed by atoms with E-state index in [1.54, 1.807) is 11.3 Å². The predicted molar refractivity (Wildman–Crippen MR) is 89.3 cm³/mol. The normalized spacial score (nSPS) is 21.0. The number of likely N-dealkylation sites (tertiary alicyclic amines) is 1. The summed E-state index contributed by atoms with van der Waals surface area (Å²) in [6.07, 6.45) is 3.91. The van der Waals surface area contributed by atoms with Crippen molar-refractivity contribution in [2.75, 3.05) is 18.8 Å². The highest BCUT2D eigenvalue weighted by Crippen LogP contribution is 2.26. The van der Waals surface area contributed by atoms with Crippen molar-refractivity contribution in [1.29, 1.82) is 0 Å². The van der Waals surface area contributed by atoms with E-state index in [2.05, 4.69) is 28.7 Å². The van der Waals surface area contributed by atoms with Crippen molar-refractivity contribution in [2.45, 2.75) is 39.7 Å². The first-order chi connectivity index (χ1) is 10.1. The van der Waals surface area contributed by atoms with E-state index in [1.807, 2.05) is 11.4 Å². The number of nitrogen functional groups attached to an aromatic ring is 1. The summed E-state index contributed by atoms with van der Waals surface area (Å²) in [5.74, 6) is 3.14. The van der Waals surface area contributed by atoms with Crippen molar-refractivity contribution in [1.82, 2.24) is 14.9 Å². The van der Waals surface area contributed by atoms with Crippen LogP contribution in [0.1, 0.15) is 38.9 Å². The summed E-state index contributed by atoms with van der Waals surface area (Å²) < 4.78 is 0. The number of fused-ring (bicyclic) bond motifs is 1. The number of nitrogens with two attached hydrogens (primary N) is 1. The Morgan fingerprint density at radius 2 is 2.19 bits per heavy atom. The van der Waals surface area contributed by atoms with Gasteiger partial charge in [0.05, 0.1) is 11.9 Å². The second kappa shape index (κ2) is 6.28. The van der Waals surface area contributed by atoms with Crippen molar-refractivity contribution >= 4 is 27.4 Å². The number of anilines is 1. The molecule has 2 N–H and O–H groups in total. The molecular formula is C16H24N4S. The Morgan fingerprint density at radius 1 is 1.33 bits per heavy atom. The first kappa shape index (κ1) is 14.7. The number of nitrogens with zero attached hydrogens (tertiary/aromatic N) is 3. The third kappa shape index (κ3) is 3.35. The van der Waals surface area contributed by atoms with Gasteiger partial charge in [-0.2, -0.15) is 0 Å². The first-order valence-corrected chi connectivity index (χ1v) is 8.73. The average Bonchev–Trinajstić information content (AvgIpc) is 2.78. The maximum Gasteiger partial charge on any atom is 0.146 e. The average molecular weight is 304 g/mol. The van der Waals surface area contributed by atoms with E-state index in [-0.39, 0.29) is 0 Å². The fraction of sp³-hybridized carbons (Fsp3) is 0.625. The molecule has 2 aromatic heterocycles. The van der Waals surface area contributed by atoms with Crippen LogP contribution in [0, 0.1) is 11.8 Å². The minimum Gasteiger partial charge on any atom is -0.383 e. The van der Waals surface area contributed by atoms with Gasteiger partial charge in [0, 0.05) is 0 Å². The lowest BCUT2D eigenvalue weighted by molar-refractivity contribution is 0.259. The smallest absolute Gasteiger partial charge is 0.146 e. The van der Waals surface area contributed by atoms with Crippen LogP contribution < -0.4 is 5.73 Å². The van der Waals surface area contributed by atoms with E-state index in [9.17, 15) is 0 Å². The van der Waals surface area contributed by atoms with Crippen LogP contribution in [0.25, 0.3) is 10.2 Å². The second-order valence-corrected chi connectivity index (χ2v) is 7.27. The molecule has 3 rings (SSSR count). The Kier molecular flexibility index (Phi) is 4.40. The summed E-state index contributed by atoms with van der Waals surface area (Å²) in [7, 11) is 0. The van der Waals surface area contributed by atoms with Crippen LogP contribution in [-0.4, -0.2) is 28.0 Å². The van der Waals surface area contributed by atoms with Crippen LogP contribution in [0.4, 0.5) is 5.82 Å². The van der Waals surface area contributed by atoms with Gasteiger partial charge in [0.1, 0.15) is 16.5 Å². The standard InChI is InChI=1S/C16H24N4S/c1-11(2)12-4-3-7-20(8-5-12)10-14-18-15(17)13-6-9-21-16(13)19-14/h6,9,11-12H,3-5,7-8,10H2,1-2H3,(H2,17,18,19). The van der Waals surface area contributed by atoms with E-state index in [4.69, 9.17) is 5.73 Å². The molecule has 0 aromatic carbocycles. The zero-order valence-electron chi connectivity index (χ0n) is 12.9. The third-order valence-corrected chi connectivity index (χ3v) is 5.38. The summed E-state index contributed by atoms with van der Waals surface area (Å²) in [6, 6.07) is 2.00.